The predicted octanol–water partition coefficient (Wildman–Crippen LogP) is 1.15. The maximum atomic E-state index is 7.56. The van der Waals surface area contributed by atoms with Gasteiger partial charge in [0.25, 0.3) is 0 Å². The maximum Gasteiger partial charge on any atom is 0.358 e. The molecule has 0 rings (SSSR count). The largest absolute Gasteiger partial charge is 0.476 e. The molecule has 0 aliphatic heterocycles. The highest BCUT2D eigenvalue weighted by Crippen LogP contribution is 1.82. The molecule has 0 radical (unpaired) electrons. The topological polar surface area (TPSA) is 80.9 Å². The lowest BCUT2D eigenvalue weighted by Gasteiger charge is -1.83. The molecule has 0 amide bonds. The Morgan fingerprint density at radius 1 is 0.750 bits per heavy atom. The zero-order valence-electron chi connectivity index (χ0n) is 4.20. The lowest BCUT2D eigenvalue weighted by Crippen LogP contribution is -1.84. The molecule has 4 N–H and O–H groups in total. The Hall–Kier alpha value is -1.32. The van der Waals surface area contributed by atoms with Crippen molar-refractivity contribution in [2.45, 2.75) is 0 Å². The van der Waals surface area contributed by atoms with E-state index in [2.05, 4.69) is 13.2 Å². The minimum absolute atomic E-state index is 1.46. The highest BCUT2D eigenvalue weighted by Gasteiger charge is 1.91. The molecule has 0 aromatic carbocycles. The van der Waals surface area contributed by atoms with Crippen molar-refractivity contribution < 1.29 is 20.4 Å². The fourth-order valence-electron chi connectivity index (χ4n) is 0. The van der Waals surface area contributed by atoms with Crippen molar-refractivity contribution in [3.63, 3.8) is 0 Å². The first-order valence-electron chi connectivity index (χ1n) is 1.64. The van der Waals surface area contributed by atoms with Crippen LogP contribution >= 0.6 is 0 Å². The second kappa shape index (κ2) is 5.68. The zero-order valence-corrected chi connectivity index (χ0v) is 4.20. The molecule has 0 atom stereocenters. The fourth-order valence-corrected chi connectivity index (χ4v) is 0. The summed E-state index contributed by atoms with van der Waals surface area (Å²) in [6.45, 7) is 6.00. The van der Waals surface area contributed by atoms with Gasteiger partial charge in [0.1, 0.15) is 0 Å². The number of aliphatic hydroxyl groups is 4. The molecule has 4 heteroatoms. The van der Waals surface area contributed by atoms with Crippen LogP contribution in [0, 0.1) is 0 Å². The van der Waals surface area contributed by atoms with Crippen molar-refractivity contribution >= 4 is 0 Å². The van der Waals surface area contributed by atoms with Crippen molar-refractivity contribution in [3.8, 4) is 0 Å². The molecule has 0 bridgehead atoms. The Morgan fingerprint density at radius 3 is 0.875 bits per heavy atom. The van der Waals surface area contributed by atoms with Crippen molar-refractivity contribution in [3.05, 3.63) is 25.0 Å². The second-order valence-electron chi connectivity index (χ2n) is 0.647. The SMILES string of the molecule is C=C.OC(O)=C(O)O. The van der Waals surface area contributed by atoms with Crippen molar-refractivity contribution in [1.29, 1.82) is 0 Å². The van der Waals surface area contributed by atoms with Gasteiger partial charge in [-0.15, -0.1) is 13.2 Å². The number of hydrogen-bond acceptors (Lipinski definition) is 4. The molecule has 0 aromatic rings. The highest BCUT2D eigenvalue weighted by atomic mass is 16.5. The normalized spacial score (nSPS) is 6.00. The van der Waals surface area contributed by atoms with Crippen LogP contribution in [0.2, 0.25) is 0 Å². The smallest absolute Gasteiger partial charge is 0.358 e. The van der Waals surface area contributed by atoms with E-state index in [0.29, 0.717) is 0 Å². The summed E-state index contributed by atoms with van der Waals surface area (Å²) in [6.07, 6.45) is 0. The predicted molar refractivity (Wildman–Crippen MR) is 28.8 cm³/mol. The first-order chi connectivity index (χ1) is 3.64. The van der Waals surface area contributed by atoms with Crippen molar-refractivity contribution in [2.24, 2.45) is 0 Å². The minimum Gasteiger partial charge on any atom is -0.476 e. The summed E-state index contributed by atoms with van der Waals surface area (Å²) in [5.74, 6) is -2.93. The van der Waals surface area contributed by atoms with Gasteiger partial charge in [0.2, 0.25) is 0 Å². The van der Waals surface area contributed by atoms with Gasteiger partial charge in [-0.05, 0) is 0 Å². The quantitative estimate of drug-likeness (QED) is 0.285. The summed E-state index contributed by atoms with van der Waals surface area (Å²) < 4.78 is 0. The van der Waals surface area contributed by atoms with E-state index in [0.717, 1.165) is 0 Å². The minimum atomic E-state index is -1.46. The van der Waals surface area contributed by atoms with Crippen LogP contribution in [0.25, 0.3) is 0 Å². The molecule has 48 valence electrons. The Kier molecular flexibility index (Phi) is 6.99. The molecule has 0 saturated heterocycles. The zero-order chi connectivity index (χ0) is 7.15. The standard InChI is InChI=1S/C2H4O4.C2H4/c3-1(4)2(5)6;1-2/h3-6H;1-2H2. The van der Waals surface area contributed by atoms with E-state index in [9.17, 15) is 0 Å². The molecule has 0 aliphatic rings. The van der Waals surface area contributed by atoms with Gasteiger partial charge in [-0.3, -0.25) is 0 Å². The second-order valence-corrected chi connectivity index (χ2v) is 0.647. The number of rotatable bonds is 0. The van der Waals surface area contributed by atoms with Crippen LogP contribution in [-0.2, 0) is 0 Å². The van der Waals surface area contributed by atoms with Crippen molar-refractivity contribution in [2.75, 3.05) is 0 Å². The lowest BCUT2D eigenvalue weighted by atomic mass is 10.9. The Morgan fingerprint density at radius 2 is 0.875 bits per heavy atom. The van der Waals surface area contributed by atoms with Crippen LogP contribution < -0.4 is 0 Å². The summed E-state index contributed by atoms with van der Waals surface area (Å²) in [7, 11) is 0. The van der Waals surface area contributed by atoms with Crippen LogP contribution in [0.15, 0.2) is 25.0 Å². The molecule has 8 heavy (non-hydrogen) atoms. The third kappa shape index (κ3) is 8.82. The van der Waals surface area contributed by atoms with E-state index < -0.39 is 11.9 Å². The van der Waals surface area contributed by atoms with Crippen molar-refractivity contribution in [1.82, 2.24) is 0 Å². The molecule has 0 unspecified atom stereocenters. The summed E-state index contributed by atoms with van der Waals surface area (Å²) >= 11 is 0. The van der Waals surface area contributed by atoms with Crippen LogP contribution in [0.5, 0.6) is 0 Å². The van der Waals surface area contributed by atoms with E-state index in [-0.39, 0.29) is 0 Å². The molecule has 0 fully saturated rings. The fraction of sp³-hybridized carbons (Fsp3) is 0. The lowest BCUT2D eigenvalue weighted by molar-refractivity contribution is 0.0883. The third-order valence-electron chi connectivity index (χ3n) is 0.200. The van der Waals surface area contributed by atoms with E-state index in [1.807, 2.05) is 0 Å². The maximum absolute atomic E-state index is 7.56. The van der Waals surface area contributed by atoms with Crippen LogP contribution in [0.4, 0.5) is 0 Å². The molecule has 0 spiro atoms. The first-order valence-corrected chi connectivity index (χ1v) is 1.64. The van der Waals surface area contributed by atoms with E-state index in [4.69, 9.17) is 20.4 Å². The molecular weight excluding hydrogens is 112 g/mol. The third-order valence-corrected chi connectivity index (χ3v) is 0.200. The van der Waals surface area contributed by atoms with Gasteiger partial charge in [0.05, 0.1) is 0 Å². The van der Waals surface area contributed by atoms with Crippen LogP contribution in [-0.4, -0.2) is 20.4 Å². The van der Waals surface area contributed by atoms with Crippen LogP contribution in [0.3, 0.4) is 0 Å². The summed E-state index contributed by atoms with van der Waals surface area (Å²) in [4.78, 5) is 0. The summed E-state index contributed by atoms with van der Waals surface area (Å²) in [5.41, 5.74) is 0. The molecule has 0 saturated carbocycles. The Balaban J connectivity index is 0. The monoisotopic (exact) mass is 120 g/mol. The summed E-state index contributed by atoms with van der Waals surface area (Å²) in [6, 6.07) is 0. The van der Waals surface area contributed by atoms with Gasteiger partial charge >= 0.3 is 11.9 Å². The molecule has 4 nitrogen and oxygen atoms in total. The van der Waals surface area contributed by atoms with E-state index in [1.165, 1.54) is 0 Å². The Bertz CT molecular complexity index is 68.0. The van der Waals surface area contributed by atoms with Gasteiger partial charge in [-0.1, -0.05) is 0 Å². The van der Waals surface area contributed by atoms with Gasteiger partial charge in [-0.25, -0.2) is 0 Å². The van der Waals surface area contributed by atoms with Crippen LogP contribution in [0.1, 0.15) is 0 Å². The summed E-state index contributed by atoms with van der Waals surface area (Å²) in [5, 5.41) is 30.3. The first kappa shape index (κ1) is 9.84. The van der Waals surface area contributed by atoms with Gasteiger partial charge in [-0.2, -0.15) is 0 Å². The van der Waals surface area contributed by atoms with E-state index >= 15 is 0 Å². The van der Waals surface area contributed by atoms with E-state index in [1.54, 1.807) is 0 Å². The molecule has 0 aromatic heterocycles. The molecule has 0 aliphatic carbocycles. The highest BCUT2D eigenvalue weighted by molar-refractivity contribution is 4.73. The molecular formula is C4H8O4. The Labute approximate surface area is 46.6 Å². The number of hydrogen-bond donors (Lipinski definition) is 4. The molecule has 0 heterocycles. The van der Waals surface area contributed by atoms with Gasteiger partial charge in [0.15, 0.2) is 0 Å². The van der Waals surface area contributed by atoms with Gasteiger partial charge < -0.3 is 20.4 Å². The average Bonchev–Trinajstić information content (AvgIpc) is 1.72. The number of aliphatic hydroxyl groups excluding tert-OH is 2. The average molecular weight is 120 g/mol. The van der Waals surface area contributed by atoms with Gasteiger partial charge in [0, 0.05) is 0 Å².